The summed E-state index contributed by atoms with van der Waals surface area (Å²) in [6, 6.07) is 7.75. The van der Waals surface area contributed by atoms with Crippen LogP contribution in [0, 0.1) is 6.92 Å². The summed E-state index contributed by atoms with van der Waals surface area (Å²) in [7, 11) is 4.82. The van der Waals surface area contributed by atoms with Gasteiger partial charge in [0.25, 0.3) is 0 Å². The van der Waals surface area contributed by atoms with Crippen LogP contribution >= 0.6 is 0 Å². The van der Waals surface area contributed by atoms with Crippen LogP contribution < -0.4 is 24.4 Å². The van der Waals surface area contributed by atoms with E-state index in [9.17, 15) is 4.79 Å². The molecule has 0 aliphatic carbocycles. The number of fused-ring (bicyclic) bond motifs is 1. The maximum atomic E-state index is 11.5. The van der Waals surface area contributed by atoms with Gasteiger partial charge in [-0.3, -0.25) is 4.79 Å². The van der Waals surface area contributed by atoms with Crippen LogP contribution in [0.2, 0.25) is 0 Å². The van der Waals surface area contributed by atoms with Crippen LogP contribution in [-0.2, 0) is 4.79 Å². The molecule has 0 radical (unpaired) electrons. The summed E-state index contributed by atoms with van der Waals surface area (Å²) in [6.07, 6.45) is 0.874. The number of anilines is 1. The van der Waals surface area contributed by atoms with Gasteiger partial charge in [0, 0.05) is 37.7 Å². The summed E-state index contributed by atoms with van der Waals surface area (Å²) in [5.41, 5.74) is 4.27. The molecule has 9 heteroatoms. The quantitative estimate of drug-likeness (QED) is 0.649. The Morgan fingerprint density at radius 2 is 1.90 bits per heavy atom. The Kier molecular flexibility index (Phi) is 5.58. The zero-order valence-electron chi connectivity index (χ0n) is 18.4. The molecule has 1 aliphatic heterocycles. The molecule has 2 aromatic heterocycles. The second-order valence-corrected chi connectivity index (χ2v) is 7.56. The van der Waals surface area contributed by atoms with Gasteiger partial charge in [-0.05, 0) is 31.5 Å². The normalized spacial score (nSPS) is 15.9. The number of nitrogens with one attached hydrogen (secondary N) is 1. The van der Waals surface area contributed by atoms with Crippen molar-refractivity contribution in [3.63, 3.8) is 0 Å². The van der Waals surface area contributed by atoms with Crippen molar-refractivity contribution >= 4 is 17.2 Å². The number of nitrogens with zero attached hydrogens (tertiary/aromatic N) is 4. The average Bonchev–Trinajstić information content (AvgIpc) is 3.35. The van der Waals surface area contributed by atoms with Crippen molar-refractivity contribution in [2.45, 2.75) is 26.3 Å². The maximum absolute atomic E-state index is 11.5. The van der Waals surface area contributed by atoms with Gasteiger partial charge in [-0.2, -0.15) is 0 Å². The molecule has 0 saturated carbocycles. The van der Waals surface area contributed by atoms with Gasteiger partial charge in [0.2, 0.25) is 11.8 Å². The predicted octanol–water partition coefficient (Wildman–Crippen LogP) is 2.45. The fourth-order valence-corrected chi connectivity index (χ4v) is 4.12. The molecule has 1 aliphatic rings. The van der Waals surface area contributed by atoms with E-state index >= 15 is 0 Å². The van der Waals surface area contributed by atoms with E-state index < -0.39 is 0 Å². The molecule has 1 amide bonds. The first-order valence-corrected chi connectivity index (χ1v) is 10.1. The SMILES string of the molecule is COc1cc(N2CCC(NC(C)=O)C2)c2nc(C)c(-c3ccc(OC)c(OC)c3)n2n1. The van der Waals surface area contributed by atoms with Gasteiger partial charge in [-0.25, -0.2) is 9.50 Å². The van der Waals surface area contributed by atoms with Crippen LogP contribution in [0.1, 0.15) is 19.0 Å². The lowest BCUT2D eigenvalue weighted by Crippen LogP contribution is -2.35. The molecule has 1 N–H and O–H groups in total. The number of amides is 1. The number of carbonyl (C=O) groups excluding carboxylic acids is 1. The Morgan fingerprint density at radius 3 is 2.58 bits per heavy atom. The van der Waals surface area contributed by atoms with Gasteiger partial charge in [0.1, 0.15) is 0 Å². The Labute approximate surface area is 180 Å². The minimum Gasteiger partial charge on any atom is -0.493 e. The molecule has 3 heterocycles. The van der Waals surface area contributed by atoms with E-state index in [1.807, 2.05) is 35.7 Å². The van der Waals surface area contributed by atoms with Crippen molar-refractivity contribution < 1.29 is 19.0 Å². The third-order valence-electron chi connectivity index (χ3n) is 5.52. The lowest BCUT2D eigenvalue weighted by atomic mass is 10.1. The third-order valence-corrected chi connectivity index (χ3v) is 5.52. The largest absolute Gasteiger partial charge is 0.493 e. The number of hydrogen-bond donors (Lipinski definition) is 1. The zero-order chi connectivity index (χ0) is 22.1. The Morgan fingerprint density at radius 1 is 1.13 bits per heavy atom. The number of aryl methyl sites for hydroxylation is 1. The van der Waals surface area contributed by atoms with E-state index in [2.05, 4.69) is 15.3 Å². The molecule has 1 atom stereocenters. The second-order valence-electron chi connectivity index (χ2n) is 7.56. The molecule has 0 bridgehead atoms. The van der Waals surface area contributed by atoms with Crippen molar-refractivity contribution in [3.05, 3.63) is 30.0 Å². The first kappa shape index (κ1) is 20.8. The summed E-state index contributed by atoms with van der Waals surface area (Å²) in [6.45, 7) is 5.02. The predicted molar refractivity (Wildman–Crippen MR) is 117 cm³/mol. The minimum atomic E-state index is -0.0169. The van der Waals surface area contributed by atoms with Crippen LogP contribution in [0.5, 0.6) is 17.4 Å². The molecule has 1 unspecified atom stereocenters. The summed E-state index contributed by atoms with van der Waals surface area (Å²) < 4.78 is 18.2. The number of aromatic nitrogens is 3. The number of methoxy groups -OCH3 is 3. The number of ether oxygens (including phenoxy) is 3. The van der Waals surface area contributed by atoms with Crippen LogP contribution in [0.25, 0.3) is 16.9 Å². The second kappa shape index (κ2) is 8.33. The van der Waals surface area contributed by atoms with Crippen molar-refractivity contribution in [2.24, 2.45) is 0 Å². The van der Waals surface area contributed by atoms with Gasteiger partial charge in [-0.15, -0.1) is 5.10 Å². The summed E-state index contributed by atoms with van der Waals surface area (Å²) >= 11 is 0. The highest BCUT2D eigenvalue weighted by molar-refractivity contribution is 5.78. The molecule has 164 valence electrons. The van der Waals surface area contributed by atoms with Crippen LogP contribution in [0.4, 0.5) is 5.69 Å². The van der Waals surface area contributed by atoms with E-state index in [1.165, 1.54) is 0 Å². The number of rotatable bonds is 6. The average molecular weight is 425 g/mol. The van der Waals surface area contributed by atoms with E-state index in [0.29, 0.717) is 23.9 Å². The fraction of sp³-hybridized carbons (Fsp3) is 0.409. The molecule has 1 saturated heterocycles. The smallest absolute Gasteiger partial charge is 0.233 e. The molecule has 9 nitrogen and oxygen atoms in total. The fourth-order valence-electron chi connectivity index (χ4n) is 4.12. The summed E-state index contributed by atoms with van der Waals surface area (Å²) in [4.78, 5) is 18.5. The highest BCUT2D eigenvalue weighted by atomic mass is 16.5. The van der Waals surface area contributed by atoms with E-state index in [-0.39, 0.29) is 11.9 Å². The van der Waals surface area contributed by atoms with Crippen LogP contribution in [0.15, 0.2) is 24.3 Å². The molecule has 1 fully saturated rings. The van der Waals surface area contributed by atoms with Gasteiger partial charge in [0.05, 0.1) is 38.4 Å². The molecule has 4 rings (SSSR count). The van der Waals surface area contributed by atoms with Gasteiger partial charge < -0.3 is 24.4 Å². The highest BCUT2D eigenvalue weighted by Gasteiger charge is 2.27. The van der Waals surface area contributed by atoms with Gasteiger partial charge >= 0.3 is 0 Å². The summed E-state index contributed by atoms with van der Waals surface area (Å²) in [5, 5.41) is 7.66. The Bertz CT molecular complexity index is 1130. The number of imidazole rings is 1. The highest BCUT2D eigenvalue weighted by Crippen LogP contribution is 2.36. The molecule has 1 aromatic carbocycles. The first-order valence-electron chi connectivity index (χ1n) is 10.1. The number of hydrogen-bond acceptors (Lipinski definition) is 7. The number of benzene rings is 1. The molecule has 31 heavy (non-hydrogen) atoms. The molecule has 3 aromatic rings. The maximum Gasteiger partial charge on any atom is 0.233 e. The van der Waals surface area contributed by atoms with Crippen LogP contribution in [0.3, 0.4) is 0 Å². The van der Waals surface area contributed by atoms with E-state index in [4.69, 9.17) is 19.2 Å². The molecule has 0 spiro atoms. The monoisotopic (exact) mass is 425 g/mol. The standard InChI is InChI=1S/C22H27N5O4/c1-13-21(15-6-7-18(29-3)19(10-15)30-4)27-22(23-13)17(11-20(25-27)31-5)26-9-8-16(12-26)24-14(2)28/h6-7,10-11,16H,8-9,12H2,1-5H3,(H,24,28). The Hall–Kier alpha value is -3.49. The van der Waals surface area contributed by atoms with Gasteiger partial charge in [0.15, 0.2) is 17.1 Å². The minimum absolute atomic E-state index is 0.0169. The van der Waals surface area contributed by atoms with Crippen LogP contribution in [-0.4, -0.2) is 61.0 Å². The number of carbonyl (C=O) groups is 1. The van der Waals surface area contributed by atoms with Crippen molar-refractivity contribution in [1.82, 2.24) is 19.9 Å². The molecular formula is C22H27N5O4. The first-order chi connectivity index (χ1) is 14.9. The topological polar surface area (TPSA) is 90.2 Å². The van der Waals surface area contributed by atoms with Crippen molar-refractivity contribution in [1.29, 1.82) is 0 Å². The third kappa shape index (κ3) is 3.83. The lowest BCUT2D eigenvalue weighted by Gasteiger charge is -2.20. The summed E-state index contributed by atoms with van der Waals surface area (Å²) in [5.74, 6) is 1.77. The van der Waals surface area contributed by atoms with E-state index in [1.54, 1.807) is 28.3 Å². The molecular weight excluding hydrogens is 398 g/mol. The Balaban J connectivity index is 1.82. The zero-order valence-corrected chi connectivity index (χ0v) is 18.4. The van der Waals surface area contributed by atoms with Crippen molar-refractivity contribution in [3.8, 4) is 28.6 Å². The van der Waals surface area contributed by atoms with Crippen molar-refractivity contribution in [2.75, 3.05) is 39.3 Å². The lowest BCUT2D eigenvalue weighted by molar-refractivity contribution is -0.119. The van der Waals surface area contributed by atoms with E-state index in [0.717, 1.165) is 41.3 Å². The van der Waals surface area contributed by atoms with Gasteiger partial charge in [-0.1, -0.05) is 0 Å².